The van der Waals surface area contributed by atoms with Crippen molar-refractivity contribution in [3.05, 3.63) is 11.8 Å². The minimum absolute atomic E-state index is 0.0224. The molecule has 20 heavy (non-hydrogen) atoms. The molecule has 1 aliphatic rings. The van der Waals surface area contributed by atoms with Crippen molar-refractivity contribution in [1.82, 2.24) is 14.5 Å². The van der Waals surface area contributed by atoms with Crippen molar-refractivity contribution in [2.24, 2.45) is 11.3 Å². The molecule has 2 heterocycles. The number of aromatic amines is 1. The Balaban J connectivity index is 2.14. The molecule has 114 valence electrons. The maximum Gasteiger partial charge on any atom is 0.260 e. The van der Waals surface area contributed by atoms with Gasteiger partial charge in [-0.3, -0.25) is 5.10 Å². The molecule has 1 fully saturated rings. The van der Waals surface area contributed by atoms with Gasteiger partial charge in [0.1, 0.15) is 0 Å². The van der Waals surface area contributed by atoms with Crippen LogP contribution < -0.4 is 0 Å². The normalized spacial score (nSPS) is 19.4. The maximum absolute atomic E-state index is 12.5. The third-order valence-electron chi connectivity index (χ3n) is 4.13. The molecule has 0 amide bonds. The molecule has 1 aromatic heterocycles. The molecular weight excluding hydrogens is 278 g/mol. The van der Waals surface area contributed by atoms with Gasteiger partial charge in [0.05, 0.1) is 12.8 Å². The van der Waals surface area contributed by atoms with Gasteiger partial charge >= 0.3 is 0 Å². The molecule has 1 aromatic rings. The van der Waals surface area contributed by atoms with E-state index in [9.17, 15) is 13.5 Å². The highest BCUT2D eigenvalue weighted by atomic mass is 32.2. The van der Waals surface area contributed by atoms with Crippen LogP contribution in [0, 0.1) is 11.3 Å². The van der Waals surface area contributed by atoms with Crippen LogP contribution in [0.2, 0.25) is 0 Å². The molecule has 6 nitrogen and oxygen atoms in total. The molecule has 2 N–H and O–H groups in total. The molecule has 2 rings (SSSR count). The van der Waals surface area contributed by atoms with E-state index in [1.807, 2.05) is 0 Å². The lowest BCUT2D eigenvalue weighted by Crippen LogP contribution is -2.41. The zero-order chi connectivity index (χ0) is 15.0. The first-order chi connectivity index (χ1) is 9.26. The summed E-state index contributed by atoms with van der Waals surface area (Å²) in [6.45, 7) is 7.30. The van der Waals surface area contributed by atoms with Crippen LogP contribution in [-0.2, 0) is 16.6 Å². The van der Waals surface area contributed by atoms with E-state index < -0.39 is 10.0 Å². The standard InChI is InChI=1S/C13H23N3O3S/c1-13(2,3)11-4-6-16(7-5-11)20(18,19)12-10(9-17)8-14-15-12/h8,11,17H,4-7,9H2,1-3H3,(H,14,15). The Morgan fingerprint density at radius 1 is 1.40 bits per heavy atom. The molecule has 0 unspecified atom stereocenters. The Morgan fingerprint density at radius 3 is 2.50 bits per heavy atom. The van der Waals surface area contributed by atoms with E-state index in [4.69, 9.17) is 0 Å². The van der Waals surface area contributed by atoms with Crippen molar-refractivity contribution in [2.75, 3.05) is 13.1 Å². The molecule has 0 saturated carbocycles. The monoisotopic (exact) mass is 301 g/mol. The van der Waals surface area contributed by atoms with Crippen LogP contribution in [-0.4, -0.2) is 41.1 Å². The molecular formula is C13H23N3O3S. The van der Waals surface area contributed by atoms with E-state index in [0.29, 0.717) is 24.6 Å². The number of hydrogen-bond donors (Lipinski definition) is 2. The van der Waals surface area contributed by atoms with Gasteiger partial charge in [0.25, 0.3) is 10.0 Å². The first-order valence-electron chi connectivity index (χ1n) is 6.90. The number of piperidine rings is 1. The van der Waals surface area contributed by atoms with Gasteiger partial charge in [-0.05, 0) is 24.2 Å². The zero-order valence-electron chi connectivity index (χ0n) is 12.3. The summed E-state index contributed by atoms with van der Waals surface area (Å²) >= 11 is 0. The van der Waals surface area contributed by atoms with Crippen LogP contribution in [0.1, 0.15) is 39.2 Å². The second-order valence-corrected chi connectivity index (χ2v) is 8.30. The van der Waals surface area contributed by atoms with Crippen LogP contribution in [0.3, 0.4) is 0 Å². The zero-order valence-corrected chi connectivity index (χ0v) is 13.1. The summed E-state index contributed by atoms with van der Waals surface area (Å²) in [5.41, 5.74) is 0.531. The number of aliphatic hydroxyl groups is 1. The first kappa shape index (κ1) is 15.5. The molecule has 1 saturated heterocycles. The van der Waals surface area contributed by atoms with Gasteiger partial charge in [-0.15, -0.1) is 0 Å². The summed E-state index contributed by atoms with van der Waals surface area (Å²) in [5.74, 6) is 0.535. The molecule has 0 aromatic carbocycles. The Labute approximate surface area is 120 Å². The molecule has 7 heteroatoms. The third kappa shape index (κ3) is 2.89. The fourth-order valence-electron chi connectivity index (χ4n) is 2.73. The van der Waals surface area contributed by atoms with Crippen LogP contribution in [0.25, 0.3) is 0 Å². The Bertz CT molecular complexity index is 552. The van der Waals surface area contributed by atoms with Gasteiger partial charge in [-0.1, -0.05) is 20.8 Å². The van der Waals surface area contributed by atoms with E-state index >= 15 is 0 Å². The molecule has 0 bridgehead atoms. The summed E-state index contributed by atoms with van der Waals surface area (Å²) < 4.78 is 26.5. The number of aliphatic hydroxyl groups excluding tert-OH is 1. The minimum atomic E-state index is -3.58. The summed E-state index contributed by atoms with van der Waals surface area (Å²) in [7, 11) is -3.58. The molecule has 0 radical (unpaired) electrons. The average Bonchev–Trinajstić information content (AvgIpc) is 2.87. The SMILES string of the molecule is CC(C)(C)C1CCN(S(=O)(=O)c2[nH]ncc2CO)CC1. The van der Waals surface area contributed by atoms with Crippen LogP contribution in [0.15, 0.2) is 11.2 Å². The predicted octanol–water partition coefficient (Wildman–Crippen LogP) is 1.35. The van der Waals surface area contributed by atoms with Crippen molar-refractivity contribution in [2.45, 2.75) is 45.2 Å². The summed E-state index contributed by atoms with van der Waals surface area (Å²) in [6, 6.07) is 0. The lowest BCUT2D eigenvalue weighted by atomic mass is 9.76. The number of nitrogens with one attached hydrogen (secondary N) is 1. The summed E-state index contributed by atoms with van der Waals surface area (Å²) in [6.07, 6.45) is 3.09. The number of hydrogen-bond acceptors (Lipinski definition) is 4. The van der Waals surface area contributed by atoms with Crippen molar-refractivity contribution in [3.8, 4) is 0 Å². The van der Waals surface area contributed by atoms with Gasteiger partial charge in [0.2, 0.25) is 0 Å². The van der Waals surface area contributed by atoms with Crippen molar-refractivity contribution in [1.29, 1.82) is 0 Å². The van der Waals surface area contributed by atoms with Gasteiger partial charge in [0.15, 0.2) is 5.03 Å². The molecule has 0 spiro atoms. The Morgan fingerprint density at radius 2 is 2.00 bits per heavy atom. The first-order valence-corrected chi connectivity index (χ1v) is 8.34. The van der Waals surface area contributed by atoms with E-state index in [2.05, 4.69) is 31.0 Å². The second kappa shape index (κ2) is 5.46. The smallest absolute Gasteiger partial charge is 0.260 e. The molecule has 0 aliphatic carbocycles. The van der Waals surface area contributed by atoms with Gasteiger partial charge in [0, 0.05) is 18.7 Å². The minimum Gasteiger partial charge on any atom is -0.392 e. The highest BCUT2D eigenvalue weighted by Gasteiger charge is 2.35. The molecule has 0 atom stereocenters. The van der Waals surface area contributed by atoms with E-state index in [0.717, 1.165) is 12.8 Å². The van der Waals surface area contributed by atoms with Gasteiger partial charge in [-0.2, -0.15) is 9.40 Å². The summed E-state index contributed by atoms with van der Waals surface area (Å²) in [5, 5.41) is 15.4. The van der Waals surface area contributed by atoms with Gasteiger partial charge in [-0.25, -0.2) is 8.42 Å². The number of rotatable bonds is 3. The predicted molar refractivity (Wildman–Crippen MR) is 75.4 cm³/mol. The number of H-pyrrole nitrogens is 1. The maximum atomic E-state index is 12.5. The molecule has 1 aliphatic heterocycles. The highest BCUT2D eigenvalue weighted by molar-refractivity contribution is 7.89. The largest absolute Gasteiger partial charge is 0.392 e. The quantitative estimate of drug-likeness (QED) is 0.882. The Kier molecular flexibility index (Phi) is 4.22. The third-order valence-corrected chi connectivity index (χ3v) is 6.04. The topological polar surface area (TPSA) is 86.3 Å². The van der Waals surface area contributed by atoms with Crippen molar-refractivity contribution < 1.29 is 13.5 Å². The lowest BCUT2D eigenvalue weighted by molar-refractivity contribution is 0.153. The lowest BCUT2D eigenvalue weighted by Gasteiger charge is -2.38. The van der Waals surface area contributed by atoms with E-state index in [-0.39, 0.29) is 17.0 Å². The second-order valence-electron chi connectivity index (χ2n) is 6.43. The van der Waals surface area contributed by atoms with Crippen molar-refractivity contribution in [3.63, 3.8) is 0 Å². The number of nitrogens with zero attached hydrogens (tertiary/aromatic N) is 2. The fraction of sp³-hybridized carbons (Fsp3) is 0.769. The van der Waals surface area contributed by atoms with Crippen LogP contribution in [0.4, 0.5) is 0 Å². The fourth-order valence-corrected chi connectivity index (χ4v) is 4.29. The summed E-state index contributed by atoms with van der Waals surface area (Å²) in [4.78, 5) is 0. The van der Waals surface area contributed by atoms with E-state index in [1.165, 1.54) is 10.5 Å². The van der Waals surface area contributed by atoms with Crippen molar-refractivity contribution >= 4 is 10.0 Å². The van der Waals surface area contributed by atoms with E-state index in [1.54, 1.807) is 0 Å². The number of aromatic nitrogens is 2. The Hall–Kier alpha value is -0.920. The van der Waals surface area contributed by atoms with Crippen LogP contribution >= 0.6 is 0 Å². The van der Waals surface area contributed by atoms with Crippen LogP contribution in [0.5, 0.6) is 0 Å². The number of sulfonamides is 1. The average molecular weight is 301 g/mol. The highest BCUT2D eigenvalue weighted by Crippen LogP contribution is 2.35. The van der Waals surface area contributed by atoms with Gasteiger partial charge < -0.3 is 5.11 Å².